The van der Waals surface area contributed by atoms with Crippen LogP contribution in [0.4, 0.5) is 10.6 Å². The first-order chi connectivity index (χ1) is 12.3. The third-order valence-electron chi connectivity index (χ3n) is 4.16. The van der Waals surface area contributed by atoms with Crippen LogP contribution in [-0.4, -0.2) is 47.1 Å². The maximum atomic E-state index is 12.8. The number of aryl methyl sites for hydroxylation is 1. The molecular weight excluding hydrogens is 336 g/mol. The van der Waals surface area contributed by atoms with Gasteiger partial charge in [-0.25, -0.2) is 9.48 Å². The van der Waals surface area contributed by atoms with Crippen molar-refractivity contribution in [1.82, 2.24) is 14.7 Å². The Morgan fingerprint density at radius 2 is 2.04 bits per heavy atom. The smallest absolute Gasteiger partial charge is 0.323 e. The summed E-state index contributed by atoms with van der Waals surface area (Å²) in [6.45, 7) is 4.76. The Labute approximate surface area is 152 Å². The van der Waals surface area contributed by atoms with Gasteiger partial charge in [0.25, 0.3) is 0 Å². The molecule has 0 fully saturated rings. The van der Waals surface area contributed by atoms with Crippen molar-refractivity contribution < 1.29 is 19.0 Å². The van der Waals surface area contributed by atoms with Gasteiger partial charge in [0.05, 0.1) is 27.3 Å². The second kappa shape index (κ2) is 6.78. The highest BCUT2D eigenvalue weighted by atomic mass is 16.5. The van der Waals surface area contributed by atoms with Crippen molar-refractivity contribution in [2.75, 3.05) is 26.1 Å². The fraction of sp³-hybridized carbons (Fsp3) is 0.444. The molecule has 26 heavy (non-hydrogen) atoms. The molecule has 1 N–H and O–H groups in total. The predicted octanol–water partition coefficient (Wildman–Crippen LogP) is 2.64. The van der Waals surface area contributed by atoms with Gasteiger partial charge in [0.15, 0.2) is 5.82 Å². The minimum absolute atomic E-state index is 0.244. The van der Waals surface area contributed by atoms with Gasteiger partial charge < -0.3 is 19.1 Å². The number of aromatic nitrogens is 2. The lowest BCUT2D eigenvalue weighted by molar-refractivity contribution is 0.0833. The number of methoxy groups -OCH3 is 2. The third-order valence-corrected chi connectivity index (χ3v) is 4.16. The lowest BCUT2D eigenvalue weighted by atomic mass is 10.1. The Kier molecular flexibility index (Phi) is 4.67. The molecule has 0 atom stereocenters. The van der Waals surface area contributed by atoms with Gasteiger partial charge in [-0.2, -0.15) is 5.10 Å². The van der Waals surface area contributed by atoms with Crippen molar-refractivity contribution in [3.63, 3.8) is 0 Å². The van der Waals surface area contributed by atoms with Crippen molar-refractivity contribution in [3.05, 3.63) is 29.8 Å². The van der Waals surface area contributed by atoms with Gasteiger partial charge in [-0.3, -0.25) is 5.32 Å². The van der Waals surface area contributed by atoms with E-state index >= 15 is 0 Å². The topological polar surface area (TPSA) is 77.9 Å². The SMILES string of the molecule is COc1ccc2c(c1)OC(C)(C)CN(C(=O)Nc1cc(OC)n(C)n1)C2. The van der Waals surface area contributed by atoms with E-state index in [4.69, 9.17) is 14.2 Å². The molecule has 0 spiro atoms. The number of urea groups is 1. The van der Waals surface area contributed by atoms with Crippen molar-refractivity contribution >= 4 is 11.8 Å². The molecule has 0 unspecified atom stereocenters. The Morgan fingerprint density at radius 1 is 1.27 bits per heavy atom. The number of hydrogen-bond donors (Lipinski definition) is 1. The molecule has 0 radical (unpaired) electrons. The molecule has 8 nitrogen and oxygen atoms in total. The first-order valence-corrected chi connectivity index (χ1v) is 8.31. The molecule has 1 aliphatic heterocycles. The number of benzene rings is 1. The summed E-state index contributed by atoms with van der Waals surface area (Å²) < 4.78 is 18.1. The average molecular weight is 360 g/mol. The first-order valence-electron chi connectivity index (χ1n) is 8.31. The van der Waals surface area contributed by atoms with Crippen LogP contribution in [0.2, 0.25) is 0 Å². The monoisotopic (exact) mass is 360 g/mol. The predicted molar refractivity (Wildman–Crippen MR) is 96.9 cm³/mol. The number of hydrogen-bond acceptors (Lipinski definition) is 5. The zero-order chi connectivity index (χ0) is 18.9. The molecule has 0 bridgehead atoms. The summed E-state index contributed by atoms with van der Waals surface area (Å²) in [7, 11) is 4.92. The van der Waals surface area contributed by atoms with Crippen LogP contribution in [0.5, 0.6) is 17.4 Å². The zero-order valence-electron chi connectivity index (χ0n) is 15.7. The van der Waals surface area contributed by atoms with Gasteiger partial charge in [-0.05, 0) is 26.0 Å². The molecule has 3 rings (SSSR count). The van der Waals surface area contributed by atoms with Crippen LogP contribution in [0.1, 0.15) is 19.4 Å². The normalized spacial score (nSPS) is 15.5. The van der Waals surface area contributed by atoms with Crippen molar-refractivity contribution in [2.45, 2.75) is 26.0 Å². The first kappa shape index (κ1) is 17.9. The second-order valence-electron chi connectivity index (χ2n) is 6.82. The van der Waals surface area contributed by atoms with E-state index in [0.29, 0.717) is 24.8 Å². The van der Waals surface area contributed by atoms with Gasteiger partial charge >= 0.3 is 6.03 Å². The van der Waals surface area contributed by atoms with E-state index in [1.54, 1.807) is 36.9 Å². The highest BCUT2D eigenvalue weighted by molar-refractivity contribution is 5.88. The van der Waals surface area contributed by atoms with Crippen molar-refractivity contribution in [2.24, 2.45) is 7.05 Å². The summed E-state index contributed by atoms with van der Waals surface area (Å²) in [6.07, 6.45) is 0. The lowest BCUT2D eigenvalue weighted by Gasteiger charge is -2.29. The summed E-state index contributed by atoms with van der Waals surface area (Å²) in [6, 6.07) is 7.06. The molecule has 140 valence electrons. The highest BCUT2D eigenvalue weighted by Gasteiger charge is 2.32. The number of fused-ring (bicyclic) bond motifs is 1. The molecule has 1 aromatic carbocycles. The summed E-state index contributed by atoms with van der Waals surface area (Å²) in [4.78, 5) is 14.5. The Morgan fingerprint density at radius 3 is 2.69 bits per heavy atom. The van der Waals surface area contributed by atoms with Gasteiger partial charge in [0.1, 0.15) is 17.1 Å². The molecule has 0 aliphatic carbocycles. The zero-order valence-corrected chi connectivity index (χ0v) is 15.7. The van der Waals surface area contributed by atoms with Crippen LogP contribution >= 0.6 is 0 Å². The van der Waals surface area contributed by atoms with Gasteiger partial charge in [0, 0.05) is 24.7 Å². The standard InChI is InChI=1S/C18H24N4O4/c1-18(2)11-22(10-12-6-7-13(24-4)8-14(12)26-18)17(23)19-15-9-16(25-5)21(3)20-15/h6-9H,10-11H2,1-5H3,(H,19,20,23). The molecule has 0 saturated heterocycles. The van der Waals surface area contributed by atoms with Crippen LogP contribution in [0.25, 0.3) is 0 Å². The molecule has 8 heteroatoms. The van der Waals surface area contributed by atoms with Crippen LogP contribution in [0.3, 0.4) is 0 Å². The summed E-state index contributed by atoms with van der Waals surface area (Å²) in [5, 5.41) is 7.05. The van der Waals surface area contributed by atoms with E-state index in [2.05, 4.69) is 10.4 Å². The average Bonchev–Trinajstić information content (AvgIpc) is 2.86. The molecule has 2 amide bonds. The highest BCUT2D eigenvalue weighted by Crippen LogP contribution is 2.32. The summed E-state index contributed by atoms with van der Waals surface area (Å²) >= 11 is 0. The Hall–Kier alpha value is -2.90. The van der Waals surface area contributed by atoms with E-state index in [-0.39, 0.29) is 6.03 Å². The fourth-order valence-corrected chi connectivity index (χ4v) is 2.97. The van der Waals surface area contributed by atoms with Crippen LogP contribution < -0.4 is 19.5 Å². The number of nitrogens with one attached hydrogen (secondary N) is 1. The number of nitrogens with zero attached hydrogens (tertiary/aromatic N) is 3. The molecule has 2 aromatic rings. The van der Waals surface area contributed by atoms with Crippen LogP contribution in [-0.2, 0) is 13.6 Å². The molecule has 2 heterocycles. The van der Waals surface area contributed by atoms with Gasteiger partial charge in [-0.1, -0.05) is 0 Å². The second-order valence-corrected chi connectivity index (χ2v) is 6.82. The number of carbonyl (C=O) groups excluding carboxylic acids is 1. The van der Waals surface area contributed by atoms with Crippen molar-refractivity contribution in [1.29, 1.82) is 0 Å². The largest absolute Gasteiger partial charge is 0.497 e. The fourth-order valence-electron chi connectivity index (χ4n) is 2.97. The third kappa shape index (κ3) is 3.68. The quantitative estimate of drug-likeness (QED) is 0.910. The molecule has 1 aromatic heterocycles. The van der Waals surface area contributed by atoms with E-state index in [0.717, 1.165) is 17.1 Å². The van der Waals surface area contributed by atoms with Gasteiger partial charge in [-0.15, -0.1) is 0 Å². The van der Waals surface area contributed by atoms with Crippen LogP contribution in [0.15, 0.2) is 24.3 Å². The van der Waals surface area contributed by atoms with E-state index < -0.39 is 5.60 Å². The van der Waals surface area contributed by atoms with Crippen LogP contribution in [0, 0.1) is 0 Å². The Balaban J connectivity index is 1.82. The van der Waals surface area contributed by atoms with E-state index in [1.807, 2.05) is 32.0 Å². The summed E-state index contributed by atoms with van der Waals surface area (Å²) in [5.41, 5.74) is 0.377. The minimum Gasteiger partial charge on any atom is -0.497 e. The van der Waals surface area contributed by atoms with Gasteiger partial charge in [0.2, 0.25) is 5.88 Å². The lowest BCUT2D eigenvalue weighted by Crippen LogP contribution is -2.44. The van der Waals surface area contributed by atoms with E-state index in [1.165, 1.54) is 0 Å². The van der Waals surface area contributed by atoms with Crippen molar-refractivity contribution in [3.8, 4) is 17.4 Å². The number of anilines is 1. The number of rotatable bonds is 3. The maximum Gasteiger partial charge on any atom is 0.323 e. The molecule has 1 aliphatic rings. The number of carbonyl (C=O) groups is 1. The molecule has 0 saturated carbocycles. The molecular formula is C18H24N4O4. The summed E-state index contributed by atoms with van der Waals surface area (Å²) in [5.74, 6) is 2.45. The van der Waals surface area contributed by atoms with E-state index in [9.17, 15) is 4.79 Å². The number of ether oxygens (including phenoxy) is 3. The maximum absolute atomic E-state index is 12.8. The Bertz CT molecular complexity index is 816. The minimum atomic E-state index is -0.545. The number of amides is 2.